The largest absolute Gasteiger partial charge is 0.497 e. The predicted molar refractivity (Wildman–Crippen MR) is 139 cm³/mol. The molecule has 186 valence electrons. The summed E-state index contributed by atoms with van der Waals surface area (Å²) < 4.78 is 24.1. The smallest absolute Gasteiger partial charge is 0.238 e. The number of hydrogen-bond acceptors (Lipinski definition) is 6. The highest BCUT2D eigenvalue weighted by molar-refractivity contribution is 8.15. The first-order chi connectivity index (χ1) is 17.4. The van der Waals surface area contributed by atoms with Gasteiger partial charge in [0, 0.05) is 18.2 Å². The van der Waals surface area contributed by atoms with E-state index in [-0.39, 0.29) is 30.6 Å². The van der Waals surface area contributed by atoms with E-state index in [1.807, 2.05) is 13.0 Å². The van der Waals surface area contributed by atoms with Gasteiger partial charge in [-0.15, -0.1) is 0 Å². The maximum atomic E-state index is 13.4. The van der Waals surface area contributed by atoms with Crippen molar-refractivity contribution >= 4 is 40.1 Å². The summed E-state index contributed by atoms with van der Waals surface area (Å²) in [6.07, 6.45) is 0.00444. The van der Waals surface area contributed by atoms with Crippen molar-refractivity contribution < 1.29 is 23.5 Å². The molecule has 36 heavy (non-hydrogen) atoms. The first-order valence-electron chi connectivity index (χ1n) is 11.4. The fourth-order valence-corrected chi connectivity index (χ4v) is 4.69. The van der Waals surface area contributed by atoms with Crippen molar-refractivity contribution in [3.63, 3.8) is 0 Å². The van der Waals surface area contributed by atoms with Gasteiger partial charge in [0.25, 0.3) is 0 Å². The van der Waals surface area contributed by atoms with Crippen molar-refractivity contribution in [2.24, 2.45) is 4.99 Å². The van der Waals surface area contributed by atoms with E-state index < -0.39 is 5.25 Å². The molecule has 9 heteroatoms. The van der Waals surface area contributed by atoms with Crippen LogP contribution in [0.4, 0.5) is 15.8 Å². The molecule has 1 unspecified atom stereocenters. The molecule has 0 aliphatic carbocycles. The zero-order valence-corrected chi connectivity index (χ0v) is 20.8. The molecule has 1 heterocycles. The van der Waals surface area contributed by atoms with Gasteiger partial charge in [-0.2, -0.15) is 0 Å². The van der Waals surface area contributed by atoms with Gasteiger partial charge in [0.15, 0.2) is 5.17 Å². The summed E-state index contributed by atoms with van der Waals surface area (Å²) in [6.45, 7) is 2.61. The number of ether oxygens (including phenoxy) is 2. The minimum Gasteiger partial charge on any atom is -0.497 e. The number of aliphatic imine (C=N–C) groups is 1. The van der Waals surface area contributed by atoms with Crippen LogP contribution in [0.3, 0.4) is 0 Å². The Bertz CT molecular complexity index is 1250. The molecule has 1 aliphatic rings. The zero-order chi connectivity index (χ0) is 25.5. The first-order valence-corrected chi connectivity index (χ1v) is 12.3. The molecule has 3 aromatic carbocycles. The van der Waals surface area contributed by atoms with Crippen LogP contribution in [0.2, 0.25) is 0 Å². The van der Waals surface area contributed by atoms with Crippen molar-refractivity contribution in [3.8, 4) is 11.5 Å². The average Bonchev–Trinajstić information content (AvgIpc) is 2.88. The molecule has 7 nitrogen and oxygen atoms in total. The summed E-state index contributed by atoms with van der Waals surface area (Å²) >= 11 is 1.22. The Kier molecular flexibility index (Phi) is 8.22. The van der Waals surface area contributed by atoms with Gasteiger partial charge < -0.3 is 14.8 Å². The number of amidine groups is 1. The second-order valence-corrected chi connectivity index (χ2v) is 9.13. The lowest BCUT2D eigenvalue weighted by atomic mass is 10.2. The van der Waals surface area contributed by atoms with Crippen molar-refractivity contribution in [1.29, 1.82) is 0 Å². The second-order valence-electron chi connectivity index (χ2n) is 7.96. The molecule has 0 aromatic heterocycles. The van der Waals surface area contributed by atoms with E-state index in [1.165, 1.54) is 28.8 Å². The molecule has 3 aromatic rings. The molecule has 1 fully saturated rings. The molecule has 4 rings (SSSR count). The van der Waals surface area contributed by atoms with Crippen LogP contribution in [-0.4, -0.2) is 40.8 Å². The van der Waals surface area contributed by atoms with Crippen LogP contribution in [0, 0.1) is 5.82 Å². The van der Waals surface area contributed by atoms with Gasteiger partial charge >= 0.3 is 0 Å². The third kappa shape index (κ3) is 6.42. The highest BCUT2D eigenvalue weighted by Gasteiger charge is 2.36. The van der Waals surface area contributed by atoms with Gasteiger partial charge in [-0.25, -0.2) is 9.38 Å². The van der Waals surface area contributed by atoms with E-state index in [4.69, 9.17) is 9.47 Å². The minimum absolute atomic E-state index is 0.00444. The molecule has 0 saturated carbocycles. The Balaban J connectivity index is 1.57. The van der Waals surface area contributed by atoms with Gasteiger partial charge in [0.2, 0.25) is 11.8 Å². The van der Waals surface area contributed by atoms with E-state index in [2.05, 4.69) is 10.3 Å². The van der Waals surface area contributed by atoms with Crippen molar-refractivity contribution in [2.75, 3.05) is 19.0 Å². The number of nitrogens with zero attached hydrogens (tertiary/aromatic N) is 2. The summed E-state index contributed by atoms with van der Waals surface area (Å²) in [4.78, 5) is 32.5. The molecule has 1 saturated heterocycles. The van der Waals surface area contributed by atoms with Crippen LogP contribution in [0.25, 0.3) is 0 Å². The maximum absolute atomic E-state index is 13.4. The quantitative estimate of drug-likeness (QED) is 0.442. The highest BCUT2D eigenvalue weighted by atomic mass is 32.2. The third-order valence-electron chi connectivity index (χ3n) is 5.40. The lowest BCUT2D eigenvalue weighted by Crippen LogP contribution is -2.44. The van der Waals surface area contributed by atoms with Crippen LogP contribution in [0.15, 0.2) is 77.8 Å². The van der Waals surface area contributed by atoms with Crippen LogP contribution < -0.4 is 14.8 Å². The second kappa shape index (κ2) is 11.7. The van der Waals surface area contributed by atoms with Gasteiger partial charge in [0.05, 0.1) is 25.9 Å². The molecule has 0 radical (unpaired) electrons. The summed E-state index contributed by atoms with van der Waals surface area (Å²) in [5.74, 6) is 0.436. The number of anilines is 1. The topological polar surface area (TPSA) is 80.2 Å². The molecule has 0 bridgehead atoms. The first kappa shape index (κ1) is 25.2. The number of carbonyl (C=O) groups excluding carboxylic acids is 2. The molecule has 1 atom stereocenters. The number of methoxy groups -OCH3 is 1. The van der Waals surface area contributed by atoms with E-state index in [9.17, 15) is 14.0 Å². The molecular weight excluding hydrogens is 481 g/mol. The predicted octanol–water partition coefficient (Wildman–Crippen LogP) is 5.39. The minimum atomic E-state index is -0.672. The zero-order valence-electron chi connectivity index (χ0n) is 19.9. The number of nitrogens with one attached hydrogen (secondary N) is 1. The average molecular weight is 508 g/mol. The number of benzene rings is 3. The molecule has 1 N–H and O–H groups in total. The van der Waals surface area contributed by atoms with Crippen molar-refractivity contribution in [1.82, 2.24) is 4.90 Å². The summed E-state index contributed by atoms with van der Waals surface area (Å²) in [5.41, 5.74) is 1.95. The monoisotopic (exact) mass is 507 g/mol. The van der Waals surface area contributed by atoms with Crippen molar-refractivity contribution in [3.05, 3.63) is 84.2 Å². The summed E-state index contributed by atoms with van der Waals surface area (Å²) in [5, 5.41) is 2.60. The Labute approximate surface area is 213 Å². The Hall–Kier alpha value is -3.85. The molecule has 1 aliphatic heterocycles. The third-order valence-corrected chi connectivity index (χ3v) is 6.58. The van der Waals surface area contributed by atoms with Crippen LogP contribution >= 0.6 is 11.8 Å². The fraction of sp³-hybridized carbons (Fsp3) is 0.222. The summed E-state index contributed by atoms with van der Waals surface area (Å²) in [7, 11) is 1.58. The number of carbonyl (C=O) groups is 2. The van der Waals surface area contributed by atoms with Gasteiger partial charge in [-0.05, 0) is 61.0 Å². The van der Waals surface area contributed by atoms with Crippen LogP contribution in [0.5, 0.6) is 11.5 Å². The number of amides is 2. The van der Waals surface area contributed by atoms with Crippen molar-refractivity contribution in [2.45, 2.75) is 25.1 Å². The van der Waals surface area contributed by atoms with E-state index in [0.29, 0.717) is 34.6 Å². The van der Waals surface area contributed by atoms with Crippen LogP contribution in [-0.2, 0) is 16.1 Å². The fourth-order valence-electron chi connectivity index (χ4n) is 3.59. The lowest BCUT2D eigenvalue weighted by Gasteiger charge is -2.32. The number of halogens is 1. The Morgan fingerprint density at radius 2 is 1.86 bits per heavy atom. The Morgan fingerprint density at radius 1 is 1.11 bits per heavy atom. The number of hydrogen-bond donors (Lipinski definition) is 1. The SMILES string of the molecule is CCOc1cccc(NC(=O)C2CC(=O)N(Cc3ccc(F)cc3)C(=Nc3ccc(OC)cc3)S2)c1. The molecule has 0 spiro atoms. The normalized spacial score (nSPS) is 16.6. The van der Waals surface area contributed by atoms with Gasteiger partial charge in [-0.1, -0.05) is 30.0 Å². The van der Waals surface area contributed by atoms with Gasteiger partial charge in [-0.3, -0.25) is 14.5 Å². The molecular formula is C27H26FN3O4S. The van der Waals surface area contributed by atoms with E-state index in [0.717, 1.165) is 5.56 Å². The van der Waals surface area contributed by atoms with Crippen LogP contribution in [0.1, 0.15) is 18.9 Å². The standard InChI is InChI=1S/C27H26FN3O4S/c1-3-35-23-6-4-5-21(15-23)29-26(33)24-16-25(32)31(17-18-7-9-19(28)10-8-18)27(36-24)30-20-11-13-22(34-2)14-12-20/h4-15,24H,3,16-17H2,1-2H3,(H,29,33). The highest BCUT2D eigenvalue weighted by Crippen LogP contribution is 2.32. The number of thioether (sulfide) groups is 1. The van der Waals surface area contributed by atoms with Gasteiger partial charge in [0.1, 0.15) is 22.6 Å². The van der Waals surface area contributed by atoms with E-state index in [1.54, 1.807) is 61.7 Å². The lowest BCUT2D eigenvalue weighted by molar-refractivity contribution is -0.129. The molecule has 2 amide bonds. The maximum Gasteiger partial charge on any atom is 0.238 e. The number of rotatable bonds is 8. The summed E-state index contributed by atoms with van der Waals surface area (Å²) in [6, 6.07) is 20.2. The van der Waals surface area contributed by atoms with E-state index >= 15 is 0 Å². The Morgan fingerprint density at radius 3 is 2.56 bits per heavy atom.